The summed E-state index contributed by atoms with van der Waals surface area (Å²) in [5.74, 6) is 0.0365. The fourth-order valence-electron chi connectivity index (χ4n) is 1.90. The Labute approximate surface area is 112 Å². The fourth-order valence-corrected chi connectivity index (χ4v) is 1.90. The predicted octanol–water partition coefficient (Wildman–Crippen LogP) is 3.70. The smallest absolute Gasteiger partial charge is 0.209 e. The first kappa shape index (κ1) is 11.5. The molecule has 0 amide bonds. The Bertz CT molecular complexity index is 635. The van der Waals surface area contributed by atoms with Crippen molar-refractivity contribution >= 4 is 11.9 Å². The number of hydrogen-bond donors (Lipinski definition) is 0. The third-order valence-electron chi connectivity index (χ3n) is 2.95. The standard InChI is InChI=1S/C17H13NO/c19-17(15-9-5-2-6-10-15)16(18-11-12-18)13-14-7-3-1-4-8-14/h1-13H/b16-13-. The van der Waals surface area contributed by atoms with Gasteiger partial charge in [0.05, 0.1) is 5.70 Å². The SMILES string of the molecule is O=C(/C(=C/c1ccccc1)N1C=C1)c1ccccc1. The Morgan fingerprint density at radius 1 is 0.842 bits per heavy atom. The van der Waals surface area contributed by atoms with Crippen molar-refractivity contribution in [3.05, 3.63) is 89.9 Å². The lowest BCUT2D eigenvalue weighted by Gasteiger charge is -2.08. The molecule has 0 spiro atoms. The lowest BCUT2D eigenvalue weighted by Crippen LogP contribution is -2.10. The first-order chi connectivity index (χ1) is 9.34. The molecule has 19 heavy (non-hydrogen) atoms. The Morgan fingerprint density at radius 3 is 2.00 bits per heavy atom. The van der Waals surface area contributed by atoms with Crippen molar-refractivity contribution < 1.29 is 4.79 Å². The minimum atomic E-state index is 0.0365. The first-order valence-electron chi connectivity index (χ1n) is 6.18. The third-order valence-corrected chi connectivity index (χ3v) is 2.95. The minimum Gasteiger partial charge on any atom is -0.317 e. The highest BCUT2D eigenvalue weighted by molar-refractivity contribution is 6.11. The van der Waals surface area contributed by atoms with E-state index < -0.39 is 0 Å². The number of ketones is 1. The molecule has 0 bridgehead atoms. The van der Waals surface area contributed by atoms with E-state index >= 15 is 0 Å². The molecular weight excluding hydrogens is 234 g/mol. The largest absolute Gasteiger partial charge is 0.317 e. The predicted molar refractivity (Wildman–Crippen MR) is 76.2 cm³/mol. The van der Waals surface area contributed by atoms with Crippen LogP contribution in [-0.4, -0.2) is 10.7 Å². The lowest BCUT2D eigenvalue weighted by molar-refractivity contribution is 0.102. The molecule has 92 valence electrons. The number of rotatable bonds is 4. The maximum atomic E-state index is 12.5. The van der Waals surface area contributed by atoms with E-state index in [2.05, 4.69) is 0 Å². The second-order valence-electron chi connectivity index (χ2n) is 4.34. The second-order valence-corrected chi connectivity index (χ2v) is 4.34. The van der Waals surface area contributed by atoms with Gasteiger partial charge in [0.1, 0.15) is 0 Å². The number of Topliss-reactive ketones (excluding diaryl/α,β-unsaturated/α-hetero) is 1. The van der Waals surface area contributed by atoms with Crippen LogP contribution in [0.25, 0.3) is 6.08 Å². The van der Waals surface area contributed by atoms with Gasteiger partial charge in [0.15, 0.2) is 0 Å². The molecule has 3 rings (SSSR count). The summed E-state index contributed by atoms with van der Waals surface area (Å²) >= 11 is 0. The molecule has 2 aromatic carbocycles. The van der Waals surface area contributed by atoms with Gasteiger partial charge < -0.3 is 4.90 Å². The number of hydrogen-bond acceptors (Lipinski definition) is 2. The highest BCUT2D eigenvalue weighted by atomic mass is 16.1. The van der Waals surface area contributed by atoms with Crippen molar-refractivity contribution in [1.29, 1.82) is 0 Å². The number of allylic oxidation sites excluding steroid dienone is 1. The Morgan fingerprint density at radius 2 is 1.42 bits per heavy atom. The maximum Gasteiger partial charge on any atom is 0.209 e. The van der Waals surface area contributed by atoms with Gasteiger partial charge in [0.25, 0.3) is 0 Å². The van der Waals surface area contributed by atoms with Crippen LogP contribution in [-0.2, 0) is 0 Å². The quantitative estimate of drug-likeness (QED) is 0.606. The van der Waals surface area contributed by atoms with E-state index in [4.69, 9.17) is 0 Å². The van der Waals surface area contributed by atoms with Gasteiger partial charge >= 0.3 is 0 Å². The summed E-state index contributed by atoms with van der Waals surface area (Å²) in [6.45, 7) is 0. The number of carbonyl (C=O) groups is 1. The monoisotopic (exact) mass is 247 g/mol. The highest BCUT2D eigenvalue weighted by Crippen LogP contribution is 2.23. The lowest BCUT2D eigenvalue weighted by atomic mass is 10.1. The summed E-state index contributed by atoms with van der Waals surface area (Å²) in [7, 11) is 0. The summed E-state index contributed by atoms with van der Waals surface area (Å²) in [5.41, 5.74) is 2.41. The van der Waals surface area contributed by atoms with Crippen LogP contribution in [0, 0.1) is 0 Å². The number of benzene rings is 2. The van der Waals surface area contributed by atoms with E-state index in [1.54, 1.807) is 0 Å². The third kappa shape index (κ3) is 2.63. The molecule has 1 aliphatic rings. The molecule has 0 saturated carbocycles. The highest BCUT2D eigenvalue weighted by Gasteiger charge is 2.21. The zero-order chi connectivity index (χ0) is 13.1. The zero-order valence-corrected chi connectivity index (χ0v) is 10.4. The molecule has 0 radical (unpaired) electrons. The average molecular weight is 247 g/mol. The van der Waals surface area contributed by atoms with E-state index in [1.807, 2.05) is 84.0 Å². The molecule has 2 nitrogen and oxygen atoms in total. The van der Waals surface area contributed by atoms with E-state index in [1.165, 1.54) is 0 Å². The van der Waals surface area contributed by atoms with E-state index in [9.17, 15) is 4.79 Å². The van der Waals surface area contributed by atoms with Gasteiger partial charge in [-0.1, -0.05) is 60.7 Å². The van der Waals surface area contributed by atoms with Crippen LogP contribution < -0.4 is 0 Å². The van der Waals surface area contributed by atoms with Gasteiger partial charge in [0.2, 0.25) is 5.78 Å². The average Bonchev–Trinajstić information content (AvgIpc) is 3.31. The van der Waals surface area contributed by atoms with Gasteiger partial charge in [-0.25, -0.2) is 0 Å². The first-order valence-corrected chi connectivity index (χ1v) is 6.18. The van der Waals surface area contributed by atoms with Gasteiger partial charge in [-0.05, 0) is 11.6 Å². The maximum absolute atomic E-state index is 12.5. The van der Waals surface area contributed by atoms with Crippen LogP contribution in [0.15, 0.2) is 78.8 Å². The van der Waals surface area contributed by atoms with Crippen molar-refractivity contribution in [3.63, 3.8) is 0 Å². The molecule has 0 atom stereocenters. The van der Waals surface area contributed by atoms with E-state index in [0.717, 1.165) is 5.56 Å². The van der Waals surface area contributed by atoms with Crippen LogP contribution in [0.5, 0.6) is 0 Å². The van der Waals surface area contributed by atoms with Gasteiger partial charge in [0, 0.05) is 18.0 Å². The molecule has 2 heteroatoms. The molecule has 0 fully saturated rings. The summed E-state index contributed by atoms with van der Waals surface area (Å²) in [6.07, 6.45) is 5.68. The molecule has 0 unspecified atom stereocenters. The van der Waals surface area contributed by atoms with Crippen molar-refractivity contribution in [2.24, 2.45) is 0 Å². The topological polar surface area (TPSA) is 20.1 Å². The minimum absolute atomic E-state index is 0.0365. The van der Waals surface area contributed by atoms with Crippen molar-refractivity contribution in [3.8, 4) is 0 Å². The Hall–Kier alpha value is -2.61. The summed E-state index contributed by atoms with van der Waals surface area (Å²) < 4.78 is 0. The normalized spacial score (nSPS) is 13.5. The van der Waals surface area contributed by atoms with E-state index in [-0.39, 0.29) is 5.78 Å². The van der Waals surface area contributed by atoms with Crippen LogP contribution >= 0.6 is 0 Å². The van der Waals surface area contributed by atoms with Gasteiger partial charge in [-0.15, -0.1) is 0 Å². The molecule has 0 aromatic heterocycles. The number of carbonyl (C=O) groups excluding carboxylic acids is 1. The molecule has 2 aromatic rings. The summed E-state index contributed by atoms with van der Waals surface area (Å²) in [5, 5.41) is 0. The summed E-state index contributed by atoms with van der Waals surface area (Å²) in [4.78, 5) is 14.3. The van der Waals surface area contributed by atoms with Crippen LogP contribution in [0.4, 0.5) is 0 Å². The van der Waals surface area contributed by atoms with Gasteiger partial charge in [-0.2, -0.15) is 0 Å². The zero-order valence-electron chi connectivity index (χ0n) is 10.4. The molecule has 0 aliphatic carbocycles. The van der Waals surface area contributed by atoms with Crippen molar-refractivity contribution in [1.82, 2.24) is 4.90 Å². The Kier molecular flexibility index (Phi) is 2.99. The second kappa shape index (κ2) is 4.94. The van der Waals surface area contributed by atoms with Crippen LogP contribution in [0.2, 0.25) is 0 Å². The summed E-state index contributed by atoms with van der Waals surface area (Å²) in [6, 6.07) is 19.2. The molecule has 0 saturated heterocycles. The van der Waals surface area contributed by atoms with Crippen LogP contribution in [0.1, 0.15) is 15.9 Å². The van der Waals surface area contributed by atoms with Crippen LogP contribution in [0.3, 0.4) is 0 Å². The number of nitrogens with zero attached hydrogens (tertiary/aromatic N) is 1. The molecular formula is C17H13NO. The van der Waals surface area contributed by atoms with Crippen molar-refractivity contribution in [2.75, 3.05) is 0 Å². The van der Waals surface area contributed by atoms with E-state index in [0.29, 0.717) is 11.3 Å². The molecule has 1 aliphatic heterocycles. The fraction of sp³-hybridized carbons (Fsp3) is 0. The molecule has 0 N–H and O–H groups in total. The Balaban J connectivity index is 1.94. The molecule has 1 heterocycles. The van der Waals surface area contributed by atoms with Gasteiger partial charge in [-0.3, -0.25) is 4.79 Å². The van der Waals surface area contributed by atoms with Crippen molar-refractivity contribution in [2.45, 2.75) is 0 Å².